The maximum atomic E-state index is 13.7. The summed E-state index contributed by atoms with van der Waals surface area (Å²) < 4.78 is 13.7. The molecule has 4 rings (SSSR count). The number of nitrogens with zero attached hydrogens (tertiary/aromatic N) is 3. The van der Waals surface area contributed by atoms with E-state index >= 15 is 0 Å². The van der Waals surface area contributed by atoms with Gasteiger partial charge in [0.1, 0.15) is 17.5 Å². The van der Waals surface area contributed by atoms with Gasteiger partial charge in [-0.25, -0.2) is 14.4 Å². The molecular weight excluding hydrogens is 351 g/mol. The standard InChI is InChI=1S/C23H21FN4/c1-3-6-20-27-19-9-4-7-16(21(19)23(25)28-20)17-8-5-12-26-22(17)15-10-11-18(24)14(2)13-15/h4-5,7-13H,3,6H2,1-2H3,(H2,25,27,28). The van der Waals surface area contributed by atoms with Crippen molar-refractivity contribution in [3.05, 3.63) is 71.9 Å². The molecule has 2 aromatic heterocycles. The molecule has 0 saturated carbocycles. The number of anilines is 1. The Morgan fingerprint density at radius 2 is 1.82 bits per heavy atom. The smallest absolute Gasteiger partial charge is 0.135 e. The van der Waals surface area contributed by atoms with Crippen molar-refractivity contribution in [2.24, 2.45) is 0 Å². The van der Waals surface area contributed by atoms with Crippen LogP contribution in [0.1, 0.15) is 24.7 Å². The molecule has 0 aliphatic carbocycles. The van der Waals surface area contributed by atoms with Crippen LogP contribution in [-0.2, 0) is 6.42 Å². The number of rotatable bonds is 4. The highest BCUT2D eigenvalue weighted by molar-refractivity contribution is 6.03. The van der Waals surface area contributed by atoms with Crippen molar-refractivity contribution in [1.29, 1.82) is 0 Å². The van der Waals surface area contributed by atoms with Crippen molar-refractivity contribution >= 4 is 16.7 Å². The van der Waals surface area contributed by atoms with Crippen LogP contribution >= 0.6 is 0 Å². The van der Waals surface area contributed by atoms with Gasteiger partial charge < -0.3 is 5.73 Å². The Hall–Kier alpha value is -3.34. The lowest BCUT2D eigenvalue weighted by atomic mass is 9.95. The third kappa shape index (κ3) is 3.20. The van der Waals surface area contributed by atoms with Gasteiger partial charge in [-0.3, -0.25) is 4.98 Å². The van der Waals surface area contributed by atoms with Gasteiger partial charge >= 0.3 is 0 Å². The largest absolute Gasteiger partial charge is 0.383 e. The molecule has 0 unspecified atom stereocenters. The van der Waals surface area contributed by atoms with Crippen LogP contribution in [0.15, 0.2) is 54.7 Å². The molecule has 0 atom stereocenters. The number of halogens is 1. The highest BCUT2D eigenvalue weighted by Crippen LogP contribution is 2.36. The van der Waals surface area contributed by atoms with Gasteiger partial charge in [-0.15, -0.1) is 0 Å². The van der Waals surface area contributed by atoms with E-state index in [1.165, 1.54) is 6.07 Å². The second-order valence-corrected chi connectivity index (χ2v) is 6.84. The molecule has 0 amide bonds. The monoisotopic (exact) mass is 372 g/mol. The Morgan fingerprint density at radius 1 is 1.00 bits per heavy atom. The number of benzene rings is 2. The van der Waals surface area contributed by atoms with E-state index in [0.29, 0.717) is 11.4 Å². The van der Waals surface area contributed by atoms with Crippen LogP contribution < -0.4 is 5.73 Å². The fourth-order valence-corrected chi connectivity index (χ4v) is 3.47. The molecule has 4 aromatic rings. The molecule has 140 valence electrons. The number of hydrogen-bond acceptors (Lipinski definition) is 4. The van der Waals surface area contributed by atoms with E-state index in [4.69, 9.17) is 5.73 Å². The Kier molecular flexibility index (Phi) is 4.74. The van der Waals surface area contributed by atoms with E-state index in [1.54, 1.807) is 19.2 Å². The summed E-state index contributed by atoms with van der Waals surface area (Å²) >= 11 is 0. The summed E-state index contributed by atoms with van der Waals surface area (Å²) in [5.74, 6) is 0.992. The van der Waals surface area contributed by atoms with Crippen LogP contribution in [0.4, 0.5) is 10.2 Å². The van der Waals surface area contributed by atoms with Gasteiger partial charge in [-0.1, -0.05) is 25.1 Å². The SMILES string of the molecule is CCCc1nc(N)c2c(-c3cccnc3-c3ccc(F)c(C)c3)cccc2n1. The van der Waals surface area contributed by atoms with E-state index < -0.39 is 0 Å². The fraction of sp³-hybridized carbons (Fsp3) is 0.174. The number of nitrogens with two attached hydrogens (primary N) is 1. The Labute approximate surface area is 163 Å². The van der Waals surface area contributed by atoms with Crippen LogP contribution in [0.3, 0.4) is 0 Å². The van der Waals surface area contributed by atoms with E-state index in [1.807, 2.05) is 36.4 Å². The van der Waals surface area contributed by atoms with Crippen LogP contribution in [0, 0.1) is 12.7 Å². The average molecular weight is 372 g/mol. The predicted molar refractivity (Wildman–Crippen MR) is 111 cm³/mol. The molecule has 2 heterocycles. The number of aromatic nitrogens is 3. The summed E-state index contributed by atoms with van der Waals surface area (Å²) in [6.07, 6.45) is 3.49. The van der Waals surface area contributed by atoms with E-state index in [0.717, 1.165) is 52.0 Å². The van der Waals surface area contributed by atoms with Gasteiger partial charge in [0.25, 0.3) is 0 Å². The van der Waals surface area contributed by atoms with E-state index in [9.17, 15) is 4.39 Å². The molecule has 0 fully saturated rings. The second kappa shape index (κ2) is 7.35. The highest BCUT2D eigenvalue weighted by Gasteiger charge is 2.15. The number of fused-ring (bicyclic) bond motifs is 1. The molecule has 2 N–H and O–H groups in total. The van der Waals surface area contributed by atoms with Gasteiger partial charge in [-0.05, 0) is 54.8 Å². The van der Waals surface area contributed by atoms with Crippen molar-refractivity contribution < 1.29 is 4.39 Å². The normalized spacial score (nSPS) is 11.1. The van der Waals surface area contributed by atoms with Gasteiger partial charge in [0.05, 0.1) is 16.6 Å². The summed E-state index contributed by atoms with van der Waals surface area (Å²) in [5, 5.41) is 0.815. The lowest BCUT2D eigenvalue weighted by Crippen LogP contribution is -2.02. The summed E-state index contributed by atoms with van der Waals surface area (Å²) in [6, 6.07) is 14.8. The Bertz CT molecular complexity index is 1170. The lowest BCUT2D eigenvalue weighted by molar-refractivity contribution is 0.619. The maximum Gasteiger partial charge on any atom is 0.135 e. The Balaban J connectivity index is 1.95. The molecule has 0 bridgehead atoms. The zero-order chi connectivity index (χ0) is 19.7. The highest BCUT2D eigenvalue weighted by atomic mass is 19.1. The topological polar surface area (TPSA) is 64.7 Å². The molecule has 0 aliphatic rings. The van der Waals surface area contributed by atoms with Crippen LogP contribution in [0.5, 0.6) is 0 Å². The van der Waals surface area contributed by atoms with E-state index in [2.05, 4.69) is 21.9 Å². The van der Waals surface area contributed by atoms with Crippen molar-refractivity contribution in [3.63, 3.8) is 0 Å². The summed E-state index contributed by atoms with van der Waals surface area (Å²) in [4.78, 5) is 13.8. The lowest BCUT2D eigenvalue weighted by Gasteiger charge is -2.13. The number of aryl methyl sites for hydroxylation is 2. The van der Waals surface area contributed by atoms with Crippen molar-refractivity contribution in [1.82, 2.24) is 15.0 Å². The second-order valence-electron chi connectivity index (χ2n) is 6.84. The molecule has 0 saturated heterocycles. The van der Waals surface area contributed by atoms with Crippen LogP contribution in [-0.4, -0.2) is 15.0 Å². The van der Waals surface area contributed by atoms with Gasteiger partial charge in [-0.2, -0.15) is 0 Å². The van der Waals surface area contributed by atoms with Gasteiger partial charge in [0, 0.05) is 23.7 Å². The summed E-state index contributed by atoms with van der Waals surface area (Å²) in [5.41, 5.74) is 11.2. The molecule has 28 heavy (non-hydrogen) atoms. The minimum atomic E-state index is -0.229. The first-order valence-corrected chi connectivity index (χ1v) is 9.35. The predicted octanol–water partition coefficient (Wildman–Crippen LogP) is 5.34. The third-order valence-corrected chi connectivity index (χ3v) is 4.80. The quantitative estimate of drug-likeness (QED) is 0.525. The van der Waals surface area contributed by atoms with Gasteiger partial charge in [0.2, 0.25) is 0 Å². The third-order valence-electron chi connectivity index (χ3n) is 4.80. The van der Waals surface area contributed by atoms with Crippen LogP contribution in [0.2, 0.25) is 0 Å². The average Bonchev–Trinajstić information content (AvgIpc) is 2.70. The molecule has 0 radical (unpaired) electrons. The van der Waals surface area contributed by atoms with Crippen molar-refractivity contribution in [2.45, 2.75) is 26.7 Å². The van der Waals surface area contributed by atoms with Gasteiger partial charge in [0.15, 0.2) is 0 Å². The van der Waals surface area contributed by atoms with E-state index in [-0.39, 0.29) is 5.82 Å². The first-order chi connectivity index (χ1) is 13.6. The minimum absolute atomic E-state index is 0.229. The summed E-state index contributed by atoms with van der Waals surface area (Å²) in [6.45, 7) is 3.84. The van der Waals surface area contributed by atoms with Crippen molar-refractivity contribution in [2.75, 3.05) is 5.73 Å². The number of hydrogen-bond donors (Lipinski definition) is 1. The number of nitrogen functional groups attached to an aromatic ring is 1. The minimum Gasteiger partial charge on any atom is -0.383 e. The summed E-state index contributed by atoms with van der Waals surface area (Å²) in [7, 11) is 0. The molecule has 2 aromatic carbocycles. The first kappa shape index (κ1) is 18.0. The zero-order valence-corrected chi connectivity index (χ0v) is 15.9. The zero-order valence-electron chi connectivity index (χ0n) is 15.9. The molecule has 5 heteroatoms. The fourth-order valence-electron chi connectivity index (χ4n) is 3.47. The van der Waals surface area contributed by atoms with Crippen molar-refractivity contribution in [3.8, 4) is 22.4 Å². The first-order valence-electron chi connectivity index (χ1n) is 9.35. The molecule has 4 nitrogen and oxygen atoms in total. The molecule has 0 spiro atoms. The number of pyridine rings is 1. The molecular formula is C23H21FN4. The maximum absolute atomic E-state index is 13.7. The molecule has 0 aliphatic heterocycles. The van der Waals surface area contributed by atoms with Crippen LogP contribution in [0.25, 0.3) is 33.3 Å². The Morgan fingerprint density at radius 3 is 2.61 bits per heavy atom.